The maximum atomic E-state index is 11.5. The molecule has 1 amide bonds. The molecule has 0 atom stereocenters. The Morgan fingerprint density at radius 1 is 1.25 bits per heavy atom. The van der Waals surface area contributed by atoms with Gasteiger partial charge in [0.15, 0.2) is 0 Å². The fourth-order valence-electron chi connectivity index (χ4n) is 1.41. The van der Waals surface area contributed by atoms with Crippen molar-refractivity contribution >= 4 is 5.91 Å². The third-order valence-corrected chi connectivity index (χ3v) is 2.36. The highest BCUT2D eigenvalue weighted by Gasteiger charge is 2.01. The molecule has 0 aliphatic carbocycles. The Kier molecular flexibility index (Phi) is 5.57. The van der Waals surface area contributed by atoms with Crippen LogP contribution in [0.15, 0.2) is 30.3 Å². The molecule has 88 valence electrons. The molecule has 0 unspecified atom stereocenters. The van der Waals surface area contributed by atoms with Gasteiger partial charge < -0.3 is 10.2 Å². The van der Waals surface area contributed by atoms with Crippen LogP contribution in [-0.2, 0) is 11.2 Å². The molecular weight excluding hydrogens is 200 g/mol. The Bertz CT molecular complexity index is 309. The SMILES string of the molecule is CN(C)CCNC(=O)CCc1ccccc1. The smallest absolute Gasteiger partial charge is 0.220 e. The van der Waals surface area contributed by atoms with E-state index in [1.807, 2.05) is 44.4 Å². The zero-order chi connectivity index (χ0) is 11.8. The lowest BCUT2D eigenvalue weighted by Crippen LogP contribution is -2.31. The average Bonchev–Trinajstić information content (AvgIpc) is 2.27. The lowest BCUT2D eigenvalue weighted by molar-refractivity contribution is -0.121. The van der Waals surface area contributed by atoms with E-state index in [1.54, 1.807) is 0 Å². The number of nitrogens with zero attached hydrogens (tertiary/aromatic N) is 1. The molecule has 16 heavy (non-hydrogen) atoms. The highest BCUT2D eigenvalue weighted by Crippen LogP contribution is 2.01. The van der Waals surface area contributed by atoms with E-state index in [0.29, 0.717) is 6.42 Å². The van der Waals surface area contributed by atoms with Crippen molar-refractivity contribution in [2.24, 2.45) is 0 Å². The number of amides is 1. The quantitative estimate of drug-likeness (QED) is 0.783. The van der Waals surface area contributed by atoms with Crippen LogP contribution in [0.3, 0.4) is 0 Å². The summed E-state index contributed by atoms with van der Waals surface area (Å²) < 4.78 is 0. The molecule has 0 aromatic heterocycles. The van der Waals surface area contributed by atoms with Crippen molar-refractivity contribution < 1.29 is 4.79 Å². The van der Waals surface area contributed by atoms with E-state index >= 15 is 0 Å². The molecule has 0 heterocycles. The van der Waals surface area contributed by atoms with Crippen molar-refractivity contribution in [1.82, 2.24) is 10.2 Å². The van der Waals surface area contributed by atoms with Gasteiger partial charge in [0.05, 0.1) is 0 Å². The summed E-state index contributed by atoms with van der Waals surface area (Å²) in [5, 5.41) is 2.90. The summed E-state index contributed by atoms with van der Waals surface area (Å²) in [5.74, 6) is 0.130. The molecule has 0 saturated carbocycles. The van der Waals surface area contributed by atoms with Gasteiger partial charge in [0, 0.05) is 19.5 Å². The second kappa shape index (κ2) is 7.01. The van der Waals surface area contributed by atoms with Gasteiger partial charge in [-0.15, -0.1) is 0 Å². The van der Waals surface area contributed by atoms with Gasteiger partial charge in [-0.05, 0) is 26.1 Å². The van der Waals surface area contributed by atoms with E-state index in [1.165, 1.54) is 5.56 Å². The summed E-state index contributed by atoms with van der Waals surface area (Å²) in [7, 11) is 3.99. The lowest BCUT2D eigenvalue weighted by atomic mass is 10.1. The first-order chi connectivity index (χ1) is 7.68. The minimum atomic E-state index is 0.130. The number of hydrogen-bond acceptors (Lipinski definition) is 2. The standard InChI is InChI=1S/C13H20N2O/c1-15(2)11-10-14-13(16)9-8-12-6-4-3-5-7-12/h3-7H,8-11H2,1-2H3,(H,14,16). The van der Waals surface area contributed by atoms with Crippen LogP contribution >= 0.6 is 0 Å². The summed E-state index contributed by atoms with van der Waals surface area (Å²) >= 11 is 0. The maximum absolute atomic E-state index is 11.5. The third kappa shape index (κ3) is 5.51. The summed E-state index contributed by atoms with van der Waals surface area (Å²) in [5.41, 5.74) is 1.21. The number of carbonyl (C=O) groups is 1. The van der Waals surface area contributed by atoms with Gasteiger partial charge >= 0.3 is 0 Å². The first-order valence-corrected chi connectivity index (χ1v) is 5.64. The first-order valence-electron chi connectivity index (χ1n) is 5.64. The van der Waals surface area contributed by atoms with Crippen LogP contribution in [0.1, 0.15) is 12.0 Å². The second-order valence-electron chi connectivity index (χ2n) is 4.14. The van der Waals surface area contributed by atoms with Gasteiger partial charge in [-0.25, -0.2) is 0 Å². The Balaban J connectivity index is 2.16. The Labute approximate surface area is 97.5 Å². The number of rotatable bonds is 6. The van der Waals surface area contributed by atoms with E-state index in [-0.39, 0.29) is 5.91 Å². The molecule has 0 fully saturated rings. The minimum absolute atomic E-state index is 0.130. The molecule has 1 N–H and O–H groups in total. The number of aryl methyl sites for hydroxylation is 1. The van der Waals surface area contributed by atoms with Gasteiger partial charge in [-0.2, -0.15) is 0 Å². The fraction of sp³-hybridized carbons (Fsp3) is 0.462. The highest BCUT2D eigenvalue weighted by atomic mass is 16.1. The summed E-state index contributed by atoms with van der Waals surface area (Å²) in [6.07, 6.45) is 1.38. The highest BCUT2D eigenvalue weighted by molar-refractivity contribution is 5.76. The zero-order valence-electron chi connectivity index (χ0n) is 10.1. The number of likely N-dealkylation sites (N-methyl/N-ethyl adjacent to an activating group) is 1. The molecule has 0 saturated heterocycles. The molecule has 3 heteroatoms. The summed E-state index contributed by atoms with van der Waals surface area (Å²) in [6, 6.07) is 10.1. The molecule has 0 aliphatic heterocycles. The van der Waals surface area contributed by atoms with Crippen LogP contribution < -0.4 is 5.32 Å². The minimum Gasteiger partial charge on any atom is -0.355 e. The Hall–Kier alpha value is -1.35. The molecule has 0 radical (unpaired) electrons. The molecule has 1 aromatic rings. The van der Waals surface area contributed by atoms with Crippen LogP contribution in [0.4, 0.5) is 0 Å². The van der Waals surface area contributed by atoms with E-state index < -0.39 is 0 Å². The maximum Gasteiger partial charge on any atom is 0.220 e. The Morgan fingerprint density at radius 2 is 1.94 bits per heavy atom. The number of hydrogen-bond donors (Lipinski definition) is 1. The lowest BCUT2D eigenvalue weighted by Gasteiger charge is -2.10. The largest absolute Gasteiger partial charge is 0.355 e. The van der Waals surface area contributed by atoms with Crippen molar-refractivity contribution in [3.05, 3.63) is 35.9 Å². The third-order valence-electron chi connectivity index (χ3n) is 2.36. The van der Waals surface area contributed by atoms with Crippen LogP contribution in [0.5, 0.6) is 0 Å². The Morgan fingerprint density at radius 3 is 2.56 bits per heavy atom. The summed E-state index contributed by atoms with van der Waals surface area (Å²) in [4.78, 5) is 13.5. The molecule has 1 aromatic carbocycles. The zero-order valence-corrected chi connectivity index (χ0v) is 10.1. The predicted octanol–water partition coefficient (Wildman–Crippen LogP) is 1.30. The first kappa shape index (κ1) is 12.7. The number of nitrogens with one attached hydrogen (secondary N) is 1. The van der Waals surface area contributed by atoms with Crippen molar-refractivity contribution in [3.63, 3.8) is 0 Å². The topological polar surface area (TPSA) is 32.3 Å². The van der Waals surface area contributed by atoms with E-state index in [4.69, 9.17) is 0 Å². The van der Waals surface area contributed by atoms with Gasteiger partial charge in [0.2, 0.25) is 5.91 Å². The fourth-order valence-corrected chi connectivity index (χ4v) is 1.41. The van der Waals surface area contributed by atoms with E-state index in [0.717, 1.165) is 19.5 Å². The van der Waals surface area contributed by atoms with Crippen molar-refractivity contribution in [1.29, 1.82) is 0 Å². The normalized spacial score (nSPS) is 10.4. The van der Waals surface area contributed by atoms with Gasteiger partial charge in [-0.3, -0.25) is 4.79 Å². The van der Waals surface area contributed by atoms with Crippen molar-refractivity contribution in [2.45, 2.75) is 12.8 Å². The number of benzene rings is 1. The molecule has 0 spiro atoms. The van der Waals surface area contributed by atoms with Crippen LogP contribution in [0.25, 0.3) is 0 Å². The van der Waals surface area contributed by atoms with Crippen molar-refractivity contribution in [3.8, 4) is 0 Å². The second-order valence-corrected chi connectivity index (χ2v) is 4.14. The molecule has 0 aliphatic rings. The van der Waals surface area contributed by atoms with Crippen LogP contribution in [-0.4, -0.2) is 38.0 Å². The predicted molar refractivity (Wildman–Crippen MR) is 66.3 cm³/mol. The summed E-state index contributed by atoms with van der Waals surface area (Å²) in [6.45, 7) is 1.61. The van der Waals surface area contributed by atoms with E-state index in [2.05, 4.69) is 10.2 Å². The molecule has 1 rings (SSSR count). The molecule has 0 bridgehead atoms. The number of carbonyl (C=O) groups excluding carboxylic acids is 1. The van der Waals surface area contributed by atoms with Gasteiger partial charge in [-0.1, -0.05) is 30.3 Å². The van der Waals surface area contributed by atoms with Crippen LogP contribution in [0.2, 0.25) is 0 Å². The molecule has 3 nitrogen and oxygen atoms in total. The van der Waals surface area contributed by atoms with Crippen LogP contribution in [0, 0.1) is 0 Å². The van der Waals surface area contributed by atoms with Gasteiger partial charge in [0.1, 0.15) is 0 Å². The monoisotopic (exact) mass is 220 g/mol. The molecular formula is C13H20N2O. The van der Waals surface area contributed by atoms with E-state index in [9.17, 15) is 4.79 Å². The van der Waals surface area contributed by atoms with Crippen molar-refractivity contribution in [2.75, 3.05) is 27.2 Å². The van der Waals surface area contributed by atoms with Gasteiger partial charge in [0.25, 0.3) is 0 Å². The average molecular weight is 220 g/mol.